The molecule has 8 heteroatoms. The zero-order valence-electron chi connectivity index (χ0n) is 21.5. The van der Waals surface area contributed by atoms with Crippen LogP contribution in [0, 0.1) is 0 Å². The van der Waals surface area contributed by atoms with Crippen molar-refractivity contribution in [2.75, 3.05) is 25.5 Å². The zero-order chi connectivity index (χ0) is 26.0. The van der Waals surface area contributed by atoms with Crippen LogP contribution in [0.4, 0.5) is 10.5 Å². The molecule has 0 heterocycles. The van der Waals surface area contributed by atoms with Crippen molar-refractivity contribution in [2.45, 2.75) is 59.1 Å². The zero-order valence-corrected chi connectivity index (χ0v) is 21.5. The van der Waals surface area contributed by atoms with Gasteiger partial charge in [-0.05, 0) is 69.0 Å². The van der Waals surface area contributed by atoms with E-state index in [2.05, 4.69) is 17.6 Å². The molecule has 0 saturated carbocycles. The molecule has 0 aliphatic heterocycles. The Balaban J connectivity index is 2.31. The highest BCUT2D eigenvalue weighted by molar-refractivity contribution is 5.98. The number of nitrogens with one attached hydrogen (secondary N) is 2. The molecule has 0 aliphatic carbocycles. The first-order chi connectivity index (χ1) is 16.6. The van der Waals surface area contributed by atoms with Crippen LogP contribution in [0.25, 0.3) is 0 Å². The quantitative estimate of drug-likeness (QED) is 0.511. The van der Waals surface area contributed by atoms with Crippen LogP contribution in [0.3, 0.4) is 0 Å². The lowest BCUT2D eigenvalue weighted by Gasteiger charge is -2.31. The first-order valence-corrected chi connectivity index (χ1v) is 11.9. The minimum absolute atomic E-state index is 0.283. The number of hydrogen-bond donors (Lipinski definition) is 2. The second kappa shape index (κ2) is 12.8. The van der Waals surface area contributed by atoms with E-state index in [1.807, 2.05) is 31.2 Å². The van der Waals surface area contributed by atoms with Gasteiger partial charge in [0.15, 0.2) is 0 Å². The minimum Gasteiger partial charge on any atom is -0.497 e. The second-order valence-corrected chi connectivity index (χ2v) is 9.16. The van der Waals surface area contributed by atoms with Crippen molar-refractivity contribution >= 4 is 23.6 Å². The first-order valence-electron chi connectivity index (χ1n) is 11.9. The highest BCUT2D eigenvalue weighted by Gasteiger charge is 2.31. The predicted molar refractivity (Wildman–Crippen MR) is 136 cm³/mol. The maximum atomic E-state index is 13.5. The van der Waals surface area contributed by atoms with Crippen molar-refractivity contribution in [3.05, 3.63) is 59.7 Å². The van der Waals surface area contributed by atoms with Crippen LogP contribution in [-0.4, -0.2) is 48.6 Å². The molecule has 0 spiro atoms. The molecular weight excluding hydrogens is 446 g/mol. The summed E-state index contributed by atoms with van der Waals surface area (Å²) in [4.78, 5) is 40.3. The molecule has 0 saturated heterocycles. The normalized spacial score (nSPS) is 11.8. The lowest BCUT2D eigenvalue weighted by molar-refractivity contribution is -0.138. The van der Waals surface area contributed by atoms with E-state index in [9.17, 15) is 14.4 Å². The van der Waals surface area contributed by atoms with Crippen molar-refractivity contribution < 1.29 is 23.9 Å². The summed E-state index contributed by atoms with van der Waals surface area (Å²) >= 11 is 0. The van der Waals surface area contributed by atoms with E-state index in [1.54, 1.807) is 52.1 Å². The Morgan fingerprint density at radius 2 is 1.60 bits per heavy atom. The summed E-state index contributed by atoms with van der Waals surface area (Å²) in [6.07, 6.45) is 0.812. The van der Waals surface area contributed by atoms with Gasteiger partial charge in [0.1, 0.15) is 23.9 Å². The SMILES string of the molecule is CCCN(C(=O)CNC(=O)OC(C)(C)C)C(C(=O)Nc1ccc(OC)cc1)c1ccc(CC)cc1. The number of anilines is 1. The van der Waals surface area contributed by atoms with Crippen LogP contribution in [0.2, 0.25) is 0 Å². The molecule has 2 N–H and O–H groups in total. The lowest BCUT2D eigenvalue weighted by atomic mass is 10.0. The molecule has 1 unspecified atom stereocenters. The van der Waals surface area contributed by atoms with Gasteiger partial charge in [-0.15, -0.1) is 0 Å². The van der Waals surface area contributed by atoms with Crippen molar-refractivity contribution in [1.29, 1.82) is 0 Å². The minimum atomic E-state index is -0.879. The number of aryl methyl sites for hydroxylation is 1. The molecule has 190 valence electrons. The molecule has 3 amide bonds. The van der Waals surface area contributed by atoms with Crippen molar-refractivity contribution in [2.24, 2.45) is 0 Å². The van der Waals surface area contributed by atoms with Crippen LogP contribution in [0.5, 0.6) is 5.75 Å². The summed E-state index contributed by atoms with van der Waals surface area (Å²) in [5.41, 5.74) is 1.72. The van der Waals surface area contributed by atoms with Gasteiger partial charge in [0.25, 0.3) is 5.91 Å². The smallest absolute Gasteiger partial charge is 0.408 e. The summed E-state index contributed by atoms with van der Waals surface area (Å²) in [7, 11) is 1.57. The molecule has 2 aromatic carbocycles. The summed E-state index contributed by atoms with van der Waals surface area (Å²) < 4.78 is 10.4. The maximum absolute atomic E-state index is 13.5. The van der Waals surface area contributed by atoms with Gasteiger partial charge in [-0.3, -0.25) is 9.59 Å². The Labute approximate surface area is 208 Å². The summed E-state index contributed by atoms with van der Waals surface area (Å²) in [5.74, 6) is -0.0589. The number of amides is 3. The van der Waals surface area contributed by atoms with Gasteiger partial charge >= 0.3 is 6.09 Å². The first kappa shape index (κ1) is 27.7. The molecule has 2 rings (SSSR count). The number of hydrogen-bond acceptors (Lipinski definition) is 5. The Bertz CT molecular complexity index is 981. The number of methoxy groups -OCH3 is 1. The second-order valence-electron chi connectivity index (χ2n) is 9.16. The Hall–Kier alpha value is -3.55. The van der Waals surface area contributed by atoms with E-state index in [4.69, 9.17) is 9.47 Å². The number of alkyl carbamates (subject to hydrolysis) is 1. The van der Waals surface area contributed by atoms with E-state index in [-0.39, 0.29) is 18.4 Å². The fourth-order valence-corrected chi connectivity index (χ4v) is 3.50. The number of carbonyl (C=O) groups excluding carboxylic acids is 3. The van der Waals surface area contributed by atoms with Gasteiger partial charge in [-0.25, -0.2) is 4.79 Å². The number of rotatable bonds is 10. The van der Waals surface area contributed by atoms with E-state index in [1.165, 1.54) is 4.90 Å². The average molecular weight is 484 g/mol. The highest BCUT2D eigenvalue weighted by atomic mass is 16.6. The average Bonchev–Trinajstić information content (AvgIpc) is 2.82. The third kappa shape index (κ3) is 8.63. The topological polar surface area (TPSA) is 97.0 Å². The van der Waals surface area contributed by atoms with E-state index < -0.39 is 17.7 Å². The van der Waals surface area contributed by atoms with Crippen molar-refractivity contribution in [3.63, 3.8) is 0 Å². The van der Waals surface area contributed by atoms with E-state index in [0.29, 0.717) is 30.0 Å². The molecule has 2 aromatic rings. The third-order valence-corrected chi connectivity index (χ3v) is 5.19. The molecular formula is C27H37N3O5. The Morgan fingerprint density at radius 1 is 0.971 bits per heavy atom. The van der Waals surface area contributed by atoms with Gasteiger partial charge < -0.3 is 25.0 Å². The van der Waals surface area contributed by atoms with Crippen molar-refractivity contribution in [1.82, 2.24) is 10.2 Å². The van der Waals surface area contributed by atoms with Gasteiger partial charge in [-0.1, -0.05) is 38.1 Å². The largest absolute Gasteiger partial charge is 0.497 e. The molecule has 0 aliphatic rings. The summed E-state index contributed by atoms with van der Waals surface area (Å²) in [5, 5.41) is 5.42. The molecule has 0 bridgehead atoms. The molecule has 8 nitrogen and oxygen atoms in total. The third-order valence-electron chi connectivity index (χ3n) is 5.19. The number of carbonyl (C=O) groups is 3. The van der Waals surface area contributed by atoms with Crippen LogP contribution in [0.15, 0.2) is 48.5 Å². The van der Waals surface area contributed by atoms with E-state index in [0.717, 1.165) is 12.0 Å². The lowest BCUT2D eigenvalue weighted by Crippen LogP contribution is -2.46. The maximum Gasteiger partial charge on any atom is 0.408 e. The summed E-state index contributed by atoms with van der Waals surface area (Å²) in [6.45, 7) is 9.28. The van der Waals surface area contributed by atoms with Crippen LogP contribution >= 0.6 is 0 Å². The number of benzene rings is 2. The Kier molecular flexibility index (Phi) is 10.1. The van der Waals surface area contributed by atoms with Crippen LogP contribution in [-0.2, 0) is 20.7 Å². The summed E-state index contributed by atoms with van der Waals surface area (Å²) in [6, 6.07) is 13.8. The van der Waals surface area contributed by atoms with Crippen LogP contribution < -0.4 is 15.4 Å². The van der Waals surface area contributed by atoms with Gasteiger partial charge in [0.2, 0.25) is 5.91 Å². The molecule has 0 aromatic heterocycles. The van der Waals surface area contributed by atoms with Gasteiger partial charge in [0, 0.05) is 12.2 Å². The molecule has 0 fully saturated rings. The monoisotopic (exact) mass is 483 g/mol. The molecule has 1 atom stereocenters. The predicted octanol–water partition coefficient (Wildman–Crippen LogP) is 4.70. The molecule has 0 radical (unpaired) electrons. The standard InChI is InChI=1S/C27H37N3O5/c1-7-17-30(23(31)18-28-26(33)35-27(3,4)5)24(20-11-9-19(8-2)10-12-20)25(32)29-21-13-15-22(34-6)16-14-21/h9-16,24H,7-8,17-18H2,1-6H3,(H,28,33)(H,29,32). The number of ether oxygens (including phenoxy) is 2. The van der Waals surface area contributed by atoms with Gasteiger partial charge in [0.05, 0.1) is 7.11 Å². The van der Waals surface area contributed by atoms with Gasteiger partial charge in [-0.2, -0.15) is 0 Å². The Morgan fingerprint density at radius 3 is 2.11 bits per heavy atom. The number of nitrogens with zero attached hydrogens (tertiary/aromatic N) is 1. The van der Waals surface area contributed by atoms with E-state index >= 15 is 0 Å². The van der Waals surface area contributed by atoms with Crippen molar-refractivity contribution in [3.8, 4) is 5.75 Å². The fraction of sp³-hybridized carbons (Fsp3) is 0.444. The molecule has 35 heavy (non-hydrogen) atoms. The highest BCUT2D eigenvalue weighted by Crippen LogP contribution is 2.25. The van der Waals surface area contributed by atoms with Crippen LogP contribution in [0.1, 0.15) is 58.2 Å². The fourth-order valence-electron chi connectivity index (χ4n) is 3.50.